The van der Waals surface area contributed by atoms with Crippen LogP contribution in [0.15, 0.2) is 206 Å². The van der Waals surface area contributed by atoms with E-state index in [9.17, 15) is 0 Å². The maximum Gasteiger partial charge on any atom is 0.0542 e. The summed E-state index contributed by atoms with van der Waals surface area (Å²) in [6.07, 6.45) is 0. The minimum atomic E-state index is 1.15. The molecule has 9 aromatic carbocycles. The molecule has 266 valence electrons. The highest BCUT2D eigenvalue weighted by molar-refractivity contribution is 7.26. The van der Waals surface area contributed by atoms with Crippen LogP contribution in [-0.2, 0) is 0 Å². The van der Waals surface area contributed by atoms with Crippen molar-refractivity contribution in [1.82, 2.24) is 9.13 Å². The van der Waals surface area contributed by atoms with Crippen LogP contribution in [0.2, 0.25) is 0 Å². The summed E-state index contributed by atoms with van der Waals surface area (Å²) in [6.45, 7) is 0. The molecule has 3 aromatic heterocycles. The van der Waals surface area contributed by atoms with Crippen molar-refractivity contribution in [2.45, 2.75) is 0 Å². The first-order valence-electron chi connectivity index (χ1n) is 19.5. The van der Waals surface area contributed by atoms with Crippen molar-refractivity contribution in [3.8, 4) is 44.8 Å². The number of rotatable bonds is 5. The zero-order chi connectivity index (χ0) is 37.5. The van der Waals surface area contributed by atoms with Crippen LogP contribution in [-0.4, -0.2) is 9.13 Å². The molecule has 3 heteroatoms. The lowest BCUT2D eigenvalue weighted by molar-refractivity contribution is 1.17. The van der Waals surface area contributed by atoms with E-state index in [4.69, 9.17) is 0 Å². The molecular formula is C54H34N2S. The molecule has 0 fully saturated rings. The van der Waals surface area contributed by atoms with Crippen LogP contribution < -0.4 is 0 Å². The van der Waals surface area contributed by atoms with Crippen molar-refractivity contribution in [2.24, 2.45) is 0 Å². The molecule has 0 radical (unpaired) electrons. The molecule has 0 amide bonds. The third-order valence-corrected chi connectivity index (χ3v) is 12.9. The monoisotopic (exact) mass is 742 g/mol. The molecule has 0 saturated heterocycles. The minimum absolute atomic E-state index is 1.15. The quantitative estimate of drug-likeness (QED) is 0.166. The number of hydrogen-bond acceptors (Lipinski definition) is 1. The Balaban J connectivity index is 0.949. The predicted octanol–water partition coefficient (Wildman–Crippen LogP) is 15.2. The van der Waals surface area contributed by atoms with Gasteiger partial charge in [0.25, 0.3) is 0 Å². The Morgan fingerprint density at radius 3 is 1.40 bits per heavy atom. The fourth-order valence-corrected chi connectivity index (χ4v) is 10.4. The van der Waals surface area contributed by atoms with Crippen molar-refractivity contribution >= 4 is 75.1 Å². The first kappa shape index (κ1) is 32.1. The number of fused-ring (bicyclic) bond motifs is 9. The molecule has 0 aliphatic heterocycles. The van der Waals surface area contributed by atoms with Gasteiger partial charge in [-0.05, 0) is 100 Å². The topological polar surface area (TPSA) is 9.86 Å². The van der Waals surface area contributed by atoms with Crippen LogP contribution >= 0.6 is 11.3 Å². The van der Waals surface area contributed by atoms with Crippen molar-refractivity contribution in [3.63, 3.8) is 0 Å². The van der Waals surface area contributed by atoms with Crippen LogP contribution in [0, 0.1) is 0 Å². The standard InChI is InChI=1S/C54H34N2S/c1-5-25-49-43(19-1)44-20-2-6-26-50(44)56(49)41-29-30-52-48(34-41)45-21-3-7-27-51(45)55(52)40-18-11-16-38(33-40)36-14-9-13-35(31-36)37-15-10-17-39(32-37)42-23-12-24-47-46-22-4-8-28-53(46)57-54(42)47/h1-34H. The van der Waals surface area contributed by atoms with Crippen molar-refractivity contribution in [2.75, 3.05) is 0 Å². The third-order valence-electron chi connectivity index (χ3n) is 11.7. The Morgan fingerprint density at radius 1 is 0.281 bits per heavy atom. The highest BCUT2D eigenvalue weighted by atomic mass is 32.1. The van der Waals surface area contributed by atoms with Gasteiger partial charge in [-0.25, -0.2) is 0 Å². The molecule has 0 bridgehead atoms. The second kappa shape index (κ2) is 12.7. The van der Waals surface area contributed by atoms with Gasteiger partial charge in [-0.2, -0.15) is 0 Å². The number of nitrogens with zero attached hydrogens (tertiary/aromatic N) is 2. The van der Waals surface area contributed by atoms with Gasteiger partial charge in [-0.15, -0.1) is 11.3 Å². The third kappa shape index (κ3) is 5.03. The lowest BCUT2D eigenvalue weighted by atomic mass is 9.95. The predicted molar refractivity (Wildman–Crippen MR) is 244 cm³/mol. The Morgan fingerprint density at radius 2 is 0.737 bits per heavy atom. The smallest absolute Gasteiger partial charge is 0.0542 e. The number of aromatic nitrogens is 2. The average Bonchev–Trinajstić information content (AvgIpc) is 3.94. The molecule has 0 N–H and O–H groups in total. The molecule has 0 aliphatic carbocycles. The van der Waals surface area contributed by atoms with Gasteiger partial charge in [-0.3, -0.25) is 0 Å². The molecule has 0 saturated carbocycles. The molecule has 12 rings (SSSR count). The van der Waals surface area contributed by atoms with Gasteiger partial charge >= 0.3 is 0 Å². The first-order chi connectivity index (χ1) is 28.3. The van der Waals surface area contributed by atoms with Gasteiger partial charge in [0.15, 0.2) is 0 Å². The number of benzene rings is 9. The molecule has 0 spiro atoms. The summed E-state index contributed by atoms with van der Waals surface area (Å²) in [5.74, 6) is 0. The molecule has 0 atom stereocenters. The Labute approximate surface area is 333 Å². The summed E-state index contributed by atoms with van der Waals surface area (Å²) in [6, 6.07) is 75.6. The van der Waals surface area contributed by atoms with Crippen LogP contribution in [0.25, 0.3) is 109 Å². The van der Waals surface area contributed by atoms with Gasteiger partial charge in [-0.1, -0.05) is 140 Å². The minimum Gasteiger partial charge on any atom is -0.309 e. The van der Waals surface area contributed by atoms with Crippen LogP contribution in [0.3, 0.4) is 0 Å². The summed E-state index contributed by atoms with van der Waals surface area (Å²) < 4.78 is 7.50. The lowest BCUT2D eigenvalue weighted by Crippen LogP contribution is -1.96. The average molecular weight is 743 g/mol. The molecular weight excluding hydrogens is 709 g/mol. The van der Waals surface area contributed by atoms with Gasteiger partial charge in [0.05, 0.1) is 22.1 Å². The largest absolute Gasteiger partial charge is 0.309 e. The Bertz CT molecular complexity index is 3490. The second-order valence-corrected chi connectivity index (χ2v) is 16.0. The fourth-order valence-electron chi connectivity index (χ4n) is 9.12. The lowest BCUT2D eigenvalue weighted by Gasteiger charge is -2.12. The maximum absolute atomic E-state index is 2.42. The van der Waals surface area contributed by atoms with Crippen LogP contribution in [0.5, 0.6) is 0 Å². The van der Waals surface area contributed by atoms with Crippen LogP contribution in [0.4, 0.5) is 0 Å². The molecule has 0 unspecified atom stereocenters. The summed E-state index contributed by atoms with van der Waals surface area (Å²) in [7, 11) is 0. The van der Waals surface area contributed by atoms with E-state index in [0.717, 1.165) is 11.4 Å². The molecule has 0 aliphatic rings. The van der Waals surface area contributed by atoms with E-state index >= 15 is 0 Å². The van der Waals surface area contributed by atoms with E-state index in [1.54, 1.807) is 0 Å². The van der Waals surface area contributed by atoms with E-state index in [1.807, 2.05) is 11.3 Å². The molecule has 3 heterocycles. The summed E-state index contributed by atoms with van der Waals surface area (Å²) in [4.78, 5) is 0. The van der Waals surface area contributed by atoms with E-state index in [0.29, 0.717) is 0 Å². The van der Waals surface area contributed by atoms with Crippen LogP contribution in [0.1, 0.15) is 0 Å². The fraction of sp³-hybridized carbons (Fsp3) is 0. The number of para-hydroxylation sites is 3. The molecule has 12 aromatic rings. The number of hydrogen-bond donors (Lipinski definition) is 0. The molecule has 57 heavy (non-hydrogen) atoms. The zero-order valence-corrected chi connectivity index (χ0v) is 31.7. The normalized spacial score (nSPS) is 11.9. The van der Waals surface area contributed by atoms with E-state index in [-0.39, 0.29) is 0 Å². The zero-order valence-electron chi connectivity index (χ0n) is 30.9. The maximum atomic E-state index is 2.42. The highest BCUT2D eigenvalue weighted by Crippen LogP contribution is 2.41. The Kier molecular flexibility index (Phi) is 7.13. The van der Waals surface area contributed by atoms with Crippen molar-refractivity contribution < 1.29 is 0 Å². The Hall–Kier alpha value is -7.20. The van der Waals surface area contributed by atoms with Crippen molar-refractivity contribution in [1.29, 1.82) is 0 Å². The highest BCUT2D eigenvalue weighted by Gasteiger charge is 2.17. The van der Waals surface area contributed by atoms with Gasteiger partial charge in [0, 0.05) is 53.1 Å². The summed E-state index contributed by atoms with van der Waals surface area (Å²) >= 11 is 1.88. The van der Waals surface area contributed by atoms with Gasteiger partial charge in [0.2, 0.25) is 0 Å². The SMILES string of the molecule is c1cc(-c2cccc(-c3cccc4c3sc3ccccc34)c2)cc(-c2cccc(-n3c4ccccc4c4cc(-n5c6ccccc6c6ccccc65)ccc43)c2)c1. The summed E-state index contributed by atoms with van der Waals surface area (Å²) in [5, 5.41) is 7.68. The molecule has 2 nitrogen and oxygen atoms in total. The van der Waals surface area contributed by atoms with E-state index in [1.165, 1.54) is 97.2 Å². The number of thiophene rings is 1. The van der Waals surface area contributed by atoms with E-state index in [2.05, 4.69) is 215 Å². The van der Waals surface area contributed by atoms with E-state index < -0.39 is 0 Å². The van der Waals surface area contributed by atoms with Gasteiger partial charge < -0.3 is 9.13 Å². The van der Waals surface area contributed by atoms with Crippen molar-refractivity contribution in [3.05, 3.63) is 206 Å². The first-order valence-corrected chi connectivity index (χ1v) is 20.3. The van der Waals surface area contributed by atoms with Gasteiger partial charge in [0.1, 0.15) is 0 Å². The summed E-state index contributed by atoms with van der Waals surface area (Å²) in [5.41, 5.74) is 14.5. The second-order valence-electron chi connectivity index (χ2n) is 14.9.